The Hall–Kier alpha value is -1.28. The zero-order valence-electron chi connectivity index (χ0n) is 9.34. The van der Waals surface area contributed by atoms with Gasteiger partial charge in [0.25, 0.3) is 0 Å². The maximum atomic E-state index is 5.74. The van der Waals surface area contributed by atoms with Crippen molar-refractivity contribution in [1.29, 1.82) is 0 Å². The number of furan rings is 1. The number of fused-ring (bicyclic) bond motifs is 1. The lowest BCUT2D eigenvalue weighted by molar-refractivity contribution is 0.534. The van der Waals surface area contributed by atoms with E-state index >= 15 is 0 Å². The Morgan fingerprint density at radius 2 is 2.13 bits per heavy atom. The molecule has 2 rings (SSSR count). The molecule has 0 aliphatic carbocycles. The topological polar surface area (TPSA) is 25.2 Å². The van der Waals surface area contributed by atoms with Crippen LogP contribution >= 0.6 is 0 Å². The Bertz CT molecular complexity index is 445. The van der Waals surface area contributed by atoms with E-state index in [2.05, 4.69) is 30.4 Å². The maximum absolute atomic E-state index is 5.74. The van der Waals surface area contributed by atoms with Gasteiger partial charge in [0, 0.05) is 11.8 Å². The fourth-order valence-electron chi connectivity index (χ4n) is 1.78. The average Bonchev–Trinajstić information content (AvgIpc) is 2.60. The Balaban J connectivity index is 2.16. The summed E-state index contributed by atoms with van der Waals surface area (Å²) < 4.78 is 5.74. The van der Waals surface area contributed by atoms with E-state index in [1.165, 1.54) is 10.9 Å². The number of rotatable bonds is 4. The van der Waals surface area contributed by atoms with E-state index in [1.54, 1.807) is 0 Å². The van der Waals surface area contributed by atoms with Crippen molar-refractivity contribution in [2.75, 3.05) is 13.6 Å². The molecule has 0 radical (unpaired) electrons. The van der Waals surface area contributed by atoms with Crippen LogP contribution in [0.1, 0.15) is 17.7 Å². The molecule has 0 amide bonds. The molecular formula is C13H17NO. The SMILES string of the molecule is CNCCCc1cc2cc(C)ccc2o1. The molecule has 80 valence electrons. The Morgan fingerprint density at radius 1 is 1.27 bits per heavy atom. The predicted octanol–water partition coefficient (Wildman–Crippen LogP) is 2.89. The van der Waals surface area contributed by atoms with Crippen molar-refractivity contribution in [3.05, 3.63) is 35.6 Å². The lowest BCUT2D eigenvalue weighted by Gasteiger charge is -1.95. The first-order valence-corrected chi connectivity index (χ1v) is 5.43. The van der Waals surface area contributed by atoms with Crippen LogP contribution in [0.3, 0.4) is 0 Å². The van der Waals surface area contributed by atoms with Crippen molar-refractivity contribution in [2.24, 2.45) is 0 Å². The maximum Gasteiger partial charge on any atom is 0.134 e. The van der Waals surface area contributed by atoms with Crippen molar-refractivity contribution < 1.29 is 4.42 Å². The number of benzene rings is 1. The Labute approximate surface area is 90.3 Å². The summed E-state index contributed by atoms with van der Waals surface area (Å²) in [5.74, 6) is 1.09. The minimum absolute atomic E-state index is 1.00. The largest absolute Gasteiger partial charge is 0.461 e. The van der Waals surface area contributed by atoms with E-state index in [4.69, 9.17) is 4.42 Å². The summed E-state index contributed by atoms with van der Waals surface area (Å²) in [6, 6.07) is 8.45. The lowest BCUT2D eigenvalue weighted by Crippen LogP contribution is -2.07. The highest BCUT2D eigenvalue weighted by atomic mass is 16.3. The van der Waals surface area contributed by atoms with Gasteiger partial charge in [0.1, 0.15) is 11.3 Å². The molecule has 0 fully saturated rings. The quantitative estimate of drug-likeness (QED) is 0.773. The van der Waals surface area contributed by atoms with Crippen molar-refractivity contribution in [3.8, 4) is 0 Å². The molecule has 15 heavy (non-hydrogen) atoms. The molecule has 0 atom stereocenters. The van der Waals surface area contributed by atoms with Crippen LogP contribution in [0.4, 0.5) is 0 Å². The molecule has 1 aromatic carbocycles. The van der Waals surface area contributed by atoms with Crippen LogP contribution < -0.4 is 5.32 Å². The number of nitrogens with one attached hydrogen (secondary N) is 1. The Kier molecular flexibility index (Phi) is 3.07. The smallest absolute Gasteiger partial charge is 0.134 e. The zero-order valence-corrected chi connectivity index (χ0v) is 9.34. The van der Waals surface area contributed by atoms with Crippen LogP contribution in [-0.2, 0) is 6.42 Å². The molecule has 1 heterocycles. The average molecular weight is 203 g/mol. The Morgan fingerprint density at radius 3 is 2.93 bits per heavy atom. The second-order valence-electron chi connectivity index (χ2n) is 3.96. The van der Waals surface area contributed by atoms with E-state index in [1.807, 2.05) is 13.1 Å². The van der Waals surface area contributed by atoms with Gasteiger partial charge in [-0.2, -0.15) is 0 Å². The molecule has 0 saturated carbocycles. The van der Waals surface area contributed by atoms with Gasteiger partial charge in [-0.25, -0.2) is 0 Å². The summed E-state index contributed by atoms with van der Waals surface area (Å²) in [5.41, 5.74) is 2.28. The predicted molar refractivity (Wildman–Crippen MR) is 63.2 cm³/mol. The molecule has 1 aromatic heterocycles. The lowest BCUT2D eigenvalue weighted by atomic mass is 10.1. The van der Waals surface area contributed by atoms with Crippen LogP contribution in [0.5, 0.6) is 0 Å². The monoisotopic (exact) mass is 203 g/mol. The second kappa shape index (κ2) is 4.49. The summed E-state index contributed by atoms with van der Waals surface area (Å²) >= 11 is 0. The van der Waals surface area contributed by atoms with Gasteiger partial charge in [0.05, 0.1) is 0 Å². The minimum atomic E-state index is 1.00. The van der Waals surface area contributed by atoms with Crippen LogP contribution in [0.15, 0.2) is 28.7 Å². The van der Waals surface area contributed by atoms with Gasteiger partial charge in [-0.05, 0) is 45.1 Å². The molecule has 0 unspecified atom stereocenters. The summed E-state index contributed by atoms with van der Waals surface area (Å²) in [6.07, 6.45) is 2.13. The minimum Gasteiger partial charge on any atom is -0.461 e. The third-order valence-electron chi connectivity index (χ3n) is 2.57. The van der Waals surface area contributed by atoms with E-state index in [-0.39, 0.29) is 0 Å². The van der Waals surface area contributed by atoms with Gasteiger partial charge in [-0.3, -0.25) is 0 Å². The van der Waals surface area contributed by atoms with Crippen LogP contribution in [-0.4, -0.2) is 13.6 Å². The summed E-state index contributed by atoms with van der Waals surface area (Å²) in [5, 5.41) is 4.36. The molecule has 0 spiro atoms. The third-order valence-corrected chi connectivity index (χ3v) is 2.57. The summed E-state index contributed by atoms with van der Waals surface area (Å²) in [7, 11) is 1.97. The molecule has 2 aromatic rings. The standard InChI is InChI=1S/C13H17NO/c1-10-5-6-13-11(8-10)9-12(15-13)4-3-7-14-2/h5-6,8-9,14H,3-4,7H2,1-2H3. The molecule has 0 aliphatic heterocycles. The number of hydrogen-bond acceptors (Lipinski definition) is 2. The van der Waals surface area contributed by atoms with Crippen molar-refractivity contribution in [3.63, 3.8) is 0 Å². The first-order chi connectivity index (χ1) is 7.29. The zero-order chi connectivity index (χ0) is 10.7. The van der Waals surface area contributed by atoms with Crippen LogP contribution in [0.25, 0.3) is 11.0 Å². The van der Waals surface area contributed by atoms with Gasteiger partial charge >= 0.3 is 0 Å². The van der Waals surface area contributed by atoms with E-state index in [0.29, 0.717) is 0 Å². The third kappa shape index (κ3) is 2.39. The molecule has 2 heteroatoms. The fraction of sp³-hybridized carbons (Fsp3) is 0.385. The molecule has 1 N–H and O–H groups in total. The number of hydrogen-bond donors (Lipinski definition) is 1. The van der Waals surface area contributed by atoms with E-state index < -0.39 is 0 Å². The molecule has 0 saturated heterocycles. The first kappa shape index (κ1) is 10.2. The van der Waals surface area contributed by atoms with E-state index in [9.17, 15) is 0 Å². The summed E-state index contributed by atoms with van der Waals surface area (Å²) in [4.78, 5) is 0. The van der Waals surface area contributed by atoms with Gasteiger partial charge in [0.15, 0.2) is 0 Å². The molecular weight excluding hydrogens is 186 g/mol. The van der Waals surface area contributed by atoms with Gasteiger partial charge < -0.3 is 9.73 Å². The molecule has 2 nitrogen and oxygen atoms in total. The van der Waals surface area contributed by atoms with Gasteiger partial charge in [-0.15, -0.1) is 0 Å². The van der Waals surface area contributed by atoms with Crippen molar-refractivity contribution in [1.82, 2.24) is 5.32 Å². The van der Waals surface area contributed by atoms with Crippen LogP contribution in [0.2, 0.25) is 0 Å². The van der Waals surface area contributed by atoms with Crippen molar-refractivity contribution >= 4 is 11.0 Å². The fourth-order valence-corrected chi connectivity index (χ4v) is 1.78. The number of aryl methyl sites for hydroxylation is 2. The van der Waals surface area contributed by atoms with Crippen molar-refractivity contribution in [2.45, 2.75) is 19.8 Å². The summed E-state index contributed by atoms with van der Waals surface area (Å²) in [6.45, 7) is 3.14. The normalized spacial score (nSPS) is 11.1. The van der Waals surface area contributed by atoms with Crippen LogP contribution in [0, 0.1) is 6.92 Å². The van der Waals surface area contributed by atoms with E-state index in [0.717, 1.165) is 30.7 Å². The van der Waals surface area contributed by atoms with Gasteiger partial charge in [-0.1, -0.05) is 11.6 Å². The highest BCUT2D eigenvalue weighted by Gasteiger charge is 2.02. The second-order valence-corrected chi connectivity index (χ2v) is 3.96. The van der Waals surface area contributed by atoms with Gasteiger partial charge in [0.2, 0.25) is 0 Å². The highest BCUT2D eigenvalue weighted by Crippen LogP contribution is 2.21. The first-order valence-electron chi connectivity index (χ1n) is 5.43. The molecule has 0 bridgehead atoms. The molecule has 0 aliphatic rings. The highest BCUT2D eigenvalue weighted by molar-refractivity contribution is 5.78.